The Morgan fingerprint density at radius 1 is 1.24 bits per heavy atom. The Hall–Kier alpha value is -1.43. The standard InChI is InChI=1S/C15H22BrNO4/c1-15(2,3)21-14(18)17-9-8-10-6-7-11(19-4)13(20-5)12(10)16/h6-7H,8-9H2,1-5H3,(H,17,18). The van der Waals surface area contributed by atoms with Gasteiger partial charge in [0.05, 0.1) is 18.7 Å². The van der Waals surface area contributed by atoms with E-state index in [4.69, 9.17) is 14.2 Å². The average molecular weight is 360 g/mol. The monoisotopic (exact) mass is 359 g/mol. The van der Waals surface area contributed by atoms with Crippen LogP contribution in [-0.4, -0.2) is 32.5 Å². The Bertz CT molecular complexity index is 497. The molecule has 0 heterocycles. The van der Waals surface area contributed by atoms with Crippen molar-refractivity contribution in [2.75, 3.05) is 20.8 Å². The fourth-order valence-corrected chi connectivity index (χ4v) is 2.42. The molecule has 1 aromatic rings. The maximum Gasteiger partial charge on any atom is 0.407 e. The van der Waals surface area contributed by atoms with Gasteiger partial charge in [0.15, 0.2) is 11.5 Å². The van der Waals surface area contributed by atoms with Crippen LogP contribution in [0.5, 0.6) is 11.5 Å². The molecule has 0 unspecified atom stereocenters. The molecule has 0 spiro atoms. The molecule has 0 radical (unpaired) electrons. The van der Waals surface area contributed by atoms with Crippen LogP contribution in [0.2, 0.25) is 0 Å². The second-order valence-electron chi connectivity index (χ2n) is 5.45. The number of carbonyl (C=O) groups excluding carboxylic acids is 1. The molecule has 21 heavy (non-hydrogen) atoms. The number of halogens is 1. The summed E-state index contributed by atoms with van der Waals surface area (Å²) < 4.78 is 16.6. The van der Waals surface area contributed by atoms with E-state index in [9.17, 15) is 4.79 Å². The number of benzene rings is 1. The number of carbonyl (C=O) groups is 1. The third kappa shape index (κ3) is 5.46. The van der Waals surface area contributed by atoms with Gasteiger partial charge in [0.2, 0.25) is 0 Å². The molecule has 6 heteroatoms. The Balaban J connectivity index is 2.62. The third-order valence-electron chi connectivity index (χ3n) is 2.63. The normalized spacial score (nSPS) is 11.0. The average Bonchev–Trinajstić information content (AvgIpc) is 2.38. The minimum absolute atomic E-state index is 0.418. The van der Waals surface area contributed by atoms with Crippen molar-refractivity contribution in [3.8, 4) is 11.5 Å². The topological polar surface area (TPSA) is 56.8 Å². The van der Waals surface area contributed by atoms with Crippen LogP contribution in [0, 0.1) is 0 Å². The van der Waals surface area contributed by atoms with E-state index in [0.29, 0.717) is 24.5 Å². The second-order valence-corrected chi connectivity index (χ2v) is 6.25. The predicted molar refractivity (Wildman–Crippen MR) is 85.2 cm³/mol. The van der Waals surface area contributed by atoms with Crippen LogP contribution in [0.1, 0.15) is 26.3 Å². The number of hydrogen-bond donors (Lipinski definition) is 1. The SMILES string of the molecule is COc1ccc(CCNC(=O)OC(C)(C)C)c(Br)c1OC. The summed E-state index contributed by atoms with van der Waals surface area (Å²) in [5.74, 6) is 1.31. The summed E-state index contributed by atoms with van der Waals surface area (Å²) >= 11 is 3.50. The Morgan fingerprint density at radius 3 is 2.43 bits per heavy atom. The lowest BCUT2D eigenvalue weighted by Crippen LogP contribution is -2.33. The molecule has 0 saturated heterocycles. The van der Waals surface area contributed by atoms with Gasteiger partial charge in [0.1, 0.15) is 5.60 Å². The first-order valence-electron chi connectivity index (χ1n) is 6.64. The number of alkyl carbamates (subject to hydrolysis) is 1. The lowest BCUT2D eigenvalue weighted by molar-refractivity contribution is 0.0528. The number of ether oxygens (including phenoxy) is 3. The lowest BCUT2D eigenvalue weighted by atomic mass is 10.1. The zero-order valence-corrected chi connectivity index (χ0v) is 14.7. The van der Waals surface area contributed by atoms with Gasteiger partial charge in [0.25, 0.3) is 0 Å². The number of methoxy groups -OCH3 is 2. The number of rotatable bonds is 5. The molecule has 0 aromatic heterocycles. The third-order valence-corrected chi connectivity index (χ3v) is 3.50. The Morgan fingerprint density at radius 2 is 1.90 bits per heavy atom. The minimum Gasteiger partial charge on any atom is -0.493 e. The van der Waals surface area contributed by atoms with Gasteiger partial charge in [-0.15, -0.1) is 0 Å². The van der Waals surface area contributed by atoms with E-state index in [1.807, 2.05) is 32.9 Å². The summed E-state index contributed by atoms with van der Waals surface area (Å²) in [6.07, 6.45) is 0.235. The first-order chi connectivity index (χ1) is 9.78. The molecular formula is C15H22BrNO4. The van der Waals surface area contributed by atoms with Crippen LogP contribution in [0.15, 0.2) is 16.6 Å². The molecule has 1 amide bonds. The zero-order valence-electron chi connectivity index (χ0n) is 13.1. The van der Waals surface area contributed by atoms with Gasteiger partial charge in [-0.25, -0.2) is 4.79 Å². The molecule has 0 aliphatic rings. The Labute approximate surface area is 134 Å². The van der Waals surface area contributed by atoms with Gasteiger partial charge in [-0.2, -0.15) is 0 Å². The lowest BCUT2D eigenvalue weighted by Gasteiger charge is -2.19. The molecule has 1 aromatic carbocycles. The van der Waals surface area contributed by atoms with Crippen molar-refractivity contribution in [3.05, 3.63) is 22.2 Å². The van der Waals surface area contributed by atoms with Crippen LogP contribution in [0.4, 0.5) is 4.79 Å². The van der Waals surface area contributed by atoms with Gasteiger partial charge in [-0.05, 0) is 54.8 Å². The maximum absolute atomic E-state index is 11.6. The van der Waals surface area contributed by atoms with Gasteiger partial charge in [0, 0.05) is 6.54 Å². The van der Waals surface area contributed by atoms with Crippen LogP contribution >= 0.6 is 15.9 Å². The molecule has 0 saturated carbocycles. The van der Waals surface area contributed by atoms with Crippen molar-refractivity contribution >= 4 is 22.0 Å². The molecule has 1 N–H and O–H groups in total. The molecule has 0 aliphatic heterocycles. The summed E-state index contributed by atoms with van der Waals surface area (Å²) in [6, 6.07) is 3.77. The molecule has 118 valence electrons. The quantitative estimate of drug-likeness (QED) is 0.873. The van der Waals surface area contributed by atoms with Crippen LogP contribution < -0.4 is 14.8 Å². The molecule has 0 aliphatic carbocycles. The summed E-state index contributed by atoms with van der Waals surface area (Å²) in [5, 5.41) is 2.73. The molecule has 0 bridgehead atoms. The van der Waals surface area contributed by atoms with Crippen molar-refractivity contribution in [2.45, 2.75) is 32.8 Å². The van der Waals surface area contributed by atoms with E-state index in [2.05, 4.69) is 21.2 Å². The first-order valence-corrected chi connectivity index (χ1v) is 7.44. The number of nitrogens with one attached hydrogen (secondary N) is 1. The fraction of sp³-hybridized carbons (Fsp3) is 0.533. The zero-order chi connectivity index (χ0) is 16.0. The largest absolute Gasteiger partial charge is 0.493 e. The number of hydrogen-bond acceptors (Lipinski definition) is 4. The van der Waals surface area contributed by atoms with E-state index < -0.39 is 11.7 Å². The Kier molecular flexibility index (Phi) is 6.33. The predicted octanol–water partition coefficient (Wildman–Crippen LogP) is 3.53. The fourth-order valence-electron chi connectivity index (χ4n) is 1.74. The highest BCUT2D eigenvalue weighted by atomic mass is 79.9. The van der Waals surface area contributed by atoms with E-state index in [1.165, 1.54) is 0 Å². The minimum atomic E-state index is -0.492. The van der Waals surface area contributed by atoms with Crippen molar-refractivity contribution in [1.82, 2.24) is 5.32 Å². The van der Waals surface area contributed by atoms with Gasteiger partial charge in [-0.3, -0.25) is 0 Å². The number of amides is 1. The maximum atomic E-state index is 11.6. The van der Waals surface area contributed by atoms with Crippen molar-refractivity contribution in [3.63, 3.8) is 0 Å². The van der Waals surface area contributed by atoms with Crippen LogP contribution in [0.25, 0.3) is 0 Å². The smallest absolute Gasteiger partial charge is 0.407 e. The van der Waals surface area contributed by atoms with Crippen molar-refractivity contribution in [2.24, 2.45) is 0 Å². The van der Waals surface area contributed by atoms with Gasteiger partial charge < -0.3 is 19.5 Å². The van der Waals surface area contributed by atoms with E-state index >= 15 is 0 Å². The summed E-state index contributed by atoms with van der Waals surface area (Å²) in [4.78, 5) is 11.6. The first kappa shape index (κ1) is 17.6. The second kappa shape index (κ2) is 7.54. The van der Waals surface area contributed by atoms with Crippen molar-refractivity contribution < 1.29 is 19.0 Å². The molecule has 0 fully saturated rings. The van der Waals surface area contributed by atoms with Gasteiger partial charge >= 0.3 is 6.09 Å². The highest BCUT2D eigenvalue weighted by Gasteiger charge is 2.16. The highest BCUT2D eigenvalue weighted by Crippen LogP contribution is 2.37. The molecule has 0 atom stereocenters. The molecular weight excluding hydrogens is 338 g/mol. The van der Waals surface area contributed by atoms with Crippen LogP contribution in [-0.2, 0) is 11.2 Å². The highest BCUT2D eigenvalue weighted by molar-refractivity contribution is 9.10. The van der Waals surface area contributed by atoms with Gasteiger partial charge in [-0.1, -0.05) is 6.07 Å². The van der Waals surface area contributed by atoms with Crippen molar-refractivity contribution in [1.29, 1.82) is 0 Å². The van der Waals surface area contributed by atoms with Crippen LogP contribution in [0.3, 0.4) is 0 Å². The summed E-state index contributed by atoms with van der Waals surface area (Å²) in [7, 11) is 3.18. The summed E-state index contributed by atoms with van der Waals surface area (Å²) in [5.41, 5.74) is 0.525. The summed E-state index contributed by atoms with van der Waals surface area (Å²) in [6.45, 7) is 5.97. The molecule has 5 nitrogen and oxygen atoms in total. The molecule has 1 rings (SSSR count). The van der Waals surface area contributed by atoms with E-state index in [-0.39, 0.29) is 0 Å². The van der Waals surface area contributed by atoms with E-state index in [1.54, 1.807) is 14.2 Å². The van der Waals surface area contributed by atoms with E-state index in [0.717, 1.165) is 10.0 Å².